The van der Waals surface area contributed by atoms with Crippen LogP contribution in [-0.2, 0) is 6.42 Å². The molecular formula is C10H12N2. The van der Waals surface area contributed by atoms with Crippen LogP contribution in [0.15, 0.2) is 30.7 Å². The quantitative estimate of drug-likeness (QED) is 0.658. The highest BCUT2D eigenvalue weighted by Gasteiger charge is 1.94. The van der Waals surface area contributed by atoms with Gasteiger partial charge in [0.25, 0.3) is 0 Å². The molecule has 2 heterocycles. The molecule has 0 fully saturated rings. The van der Waals surface area contributed by atoms with E-state index in [0.29, 0.717) is 0 Å². The lowest BCUT2D eigenvalue weighted by Crippen LogP contribution is -1.88. The molecule has 0 aliphatic carbocycles. The van der Waals surface area contributed by atoms with Gasteiger partial charge in [-0.05, 0) is 18.1 Å². The van der Waals surface area contributed by atoms with Crippen molar-refractivity contribution in [2.45, 2.75) is 19.8 Å². The van der Waals surface area contributed by atoms with Crippen LogP contribution in [-0.4, -0.2) is 9.38 Å². The second-order valence-electron chi connectivity index (χ2n) is 2.98. The Hall–Kier alpha value is -1.31. The summed E-state index contributed by atoms with van der Waals surface area (Å²) in [5.41, 5.74) is 2.40. The van der Waals surface area contributed by atoms with E-state index in [1.54, 1.807) is 0 Å². The van der Waals surface area contributed by atoms with Gasteiger partial charge in [-0.1, -0.05) is 19.4 Å². The number of pyridine rings is 1. The number of imidazole rings is 1. The molecule has 0 unspecified atom stereocenters. The van der Waals surface area contributed by atoms with Crippen molar-refractivity contribution in [3.05, 3.63) is 36.3 Å². The molecule has 0 aliphatic heterocycles. The topological polar surface area (TPSA) is 17.3 Å². The van der Waals surface area contributed by atoms with Gasteiger partial charge in [0, 0.05) is 18.6 Å². The molecule has 2 heteroatoms. The normalized spacial score (nSPS) is 10.8. The maximum absolute atomic E-state index is 4.18. The summed E-state index contributed by atoms with van der Waals surface area (Å²) in [6.07, 6.45) is 8.29. The highest BCUT2D eigenvalue weighted by molar-refractivity contribution is 5.39. The molecule has 0 spiro atoms. The number of rotatable bonds is 2. The van der Waals surface area contributed by atoms with E-state index in [1.165, 1.54) is 12.0 Å². The Morgan fingerprint density at radius 2 is 2.33 bits per heavy atom. The fourth-order valence-corrected chi connectivity index (χ4v) is 1.40. The first-order valence-corrected chi connectivity index (χ1v) is 4.32. The first-order chi connectivity index (χ1) is 5.90. The predicted octanol–water partition coefficient (Wildman–Crippen LogP) is 2.29. The van der Waals surface area contributed by atoms with E-state index in [1.807, 2.05) is 12.4 Å². The third-order valence-corrected chi connectivity index (χ3v) is 1.99. The summed E-state index contributed by atoms with van der Waals surface area (Å²) in [5, 5.41) is 0. The van der Waals surface area contributed by atoms with Crippen LogP contribution in [0.2, 0.25) is 0 Å². The lowest BCUT2D eigenvalue weighted by Gasteiger charge is -1.98. The van der Waals surface area contributed by atoms with Gasteiger partial charge in [0.1, 0.15) is 5.65 Å². The highest BCUT2D eigenvalue weighted by atomic mass is 15.0. The summed E-state index contributed by atoms with van der Waals surface area (Å²) in [7, 11) is 0. The molecule has 0 atom stereocenters. The van der Waals surface area contributed by atoms with Crippen molar-refractivity contribution in [3.63, 3.8) is 0 Å². The molecule has 62 valence electrons. The first kappa shape index (κ1) is 7.35. The van der Waals surface area contributed by atoms with E-state index in [4.69, 9.17) is 0 Å². The Labute approximate surface area is 71.9 Å². The van der Waals surface area contributed by atoms with Crippen molar-refractivity contribution in [3.8, 4) is 0 Å². The minimum absolute atomic E-state index is 1.02. The Balaban J connectivity index is 2.46. The van der Waals surface area contributed by atoms with Crippen molar-refractivity contribution in [2.75, 3.05) is 0 Å². The van der Waals surface area contributed by atoms with Crippen LogP contribution in [0.3, 0.4) is 0 Å². The lowest BCUT2D eigenvalue weighted by atomic mass is 10.2. The van der Waals surface area contributed by atoms with Gasteiger partial charge >= 0.3 is 0 Å². The Bertz CT molecular complexity index is 376. The molecule has 0 aromatic carbocycles. The van der Waals surface area contributed by atoms with Crippen molar-refractivity contribution < 1.29 is 0 Å². The Morgan fingerprint density at radius 1 is 1.42 bits per heavy atom. The largest absolute Gasteiger partial charge is 0.307 e. The van der Waals surface area contributed by atoms with E-state index in [2.05, 4.69) is 34.6 Å². The number of hydrogen-bond donors (Lipinski definition) is 0. The SMILES string of the molecule is CCCc1ccc2nccn2c1. The van der Waals surface area contributed by atoms with Crippen molar-refractivity contribution in [1.29, 1.82) is 0 Å². The number of nitrogens with zero attached hydrogens (tertiary/aromatic N) is 2. The Morgan fingerprint density at radius 3 is 3.17 bits per heavy atom. The number of hydrogen-bond acceptors (Lipinski definition) is 1. The second kappa shape index (κ2) is 2.97. The molecule has 2 nitrogen and oxygen atoms in total. The average Bonchev–Trinajstić information content (AvgIpc) is 2.51. The predicted molar refractivity (Wildman–Crippen MR) is 49.2 cm³/mol. The number of aryl methyl sites for hydroxylation is 1. The van der Waals surface area contributed by atoms with E-state index >= 15 is 0 Å². The van der Waals surface area contributed by atoms with Gasteiger partial charge in [-0.15, -0.1) is 0 Å². The van der Waals surface area contributed by atoms with Crippen LogP contribution in [0.4, 0.5) is 0 Å². The molecule has 2 aromatic heterocycles. The maximum atomic E-state index is 4.18. The Kier molecular flexibility index (Phi) is 1.82. The zero-order chi connectivity index (χ0) is 8.39. The third kappa shape index (κ3) is 1.20. The van der Waals surface area contributed by atoms with Crippen LogP contribution < -0.4 is 0 Å². The van der Waals surface area contributed by atoms with E-state index in [0.717, 1.165) is 12.1 Å². The molecule has 0 N–H and O–H groups in total. The molecule has 0 bridgehead atoms. The minimum Gasteiger partial charge on any atom is -0.307 e. The highest BCUT2D eigenvalue weighted by Crippen LogP contribution is 2.06. The van der Waals surface area contributed by atoms with E-state index < -0.39 is 0 Å². The van der Waals surface area contributed by atoms with Crippen LogP contribution in [0.5, 0.6) is 0 Å². The summed E-state index contributed by atoms with van der Waals surface area (Å²) < 4.78 is 2.06. The summed E-state index contributed by atoms with van der Waals surface area (Å²) >= 11 is 0. The number of aromatic nitrogens is 2. The van der Waals surface area contributed by atoms with Gasteiger partial charge in [-0.2, -0.15) is 0 Å². The molecule has 12 heavy (non-hydrogen) atoms. The molecule has 2 aromatic rings. The molecular weight excluding hydrogens is 148 g/mol. The van der Waals surface area contributed by atoms with Gasteiger partial charge in [0.2, 0.25) is 0 Å². The van der Waals surface area contributed by atoms with Gasteiger partial charge in [0.15, 0.2) is 0 Å². The molecule has 0 amide bonds. The van der Waals surface area contributed by atoms with Gasteiger partial charge < -0.3 is 4.40 Å². The van der Waals surface area contributed by atoms with E-state index in [-0.39, 0.29) is 0 Å². The van der Waals surface area contributed by atoms with Crippen LogP contribution in [0, 0.1) is 0 Å². The van der Waals surface area contributed by atoms with Gasteiger partial charge in [-0.3, -0.25) is 0 Å². The van der Waals surface area contributed by atoms with Crippen LogP contribution in [0.25, 0.3) is 5.65 Å². The van der Waals surface area contributed by atoms with Gasteiger partial charge in [-0.25, -0.2) is 4.98 Å². The average molecular weight is 160 g/mol. The monoisotopic (exact) mass is 160 g/mol. The smallest absolute Gasteiger partial charge is 0.136 e. The summed E-state index contributed by atoms with van der Waals surface area (Å²) in [4.78, 5) is 4.18. The lowest BCUT2D eigenvalue weighted by molar-refractivity contribution is 0.909. The first-order valence-electron chi connectivity index (χ1n) is 4.32. The summed E-state index contributed by atoms with van der Waals surface area (Å²) in [6, 6.07) is 4.21. The zero-order valence-corrected chi connectivity index (χ0v) is 7.20. The van der Waals surface area contributed by atoms with Crippen molar-refractivity contribution in [1.82, 2.24) is 9.38 Å². The molecule has 0 aliphatic rings. The van der Waals surface area contributed by atoms with Crippen LogP contribution >= 0.6 is 0 Å². The summed E-state index contributed by atoms with van der Waals surface area (Å²) in [5.74, 6) is 0. The standard InChI is InChI=1S/C10H12N2/c1-2-3-9-4-5-10-11-6-7-12(10)8-9/h4-8H,2-3H2,1H3. The molecule has 0 saturated heterocycles. The van der Waals surface area contributed by atoms with Crippen molar-refractivity contribution in [2.24, 2.45) is 0 Å². The maximum Gasteiger partial charge on any atom is 0.136 e. The third-order valence-electron chi connectivity index (χ3n) is 1.99. The van der Waals surface area contributed by atoms with Gasteiger partial charge in [0.05, 0.1) is 0 Å². The fourth-order valence-electron chi connectivity index (χ4n) is 1.40. The molecule has 0 radical (unpaired) electrons. The summed E-state index contributed by atoms with van der Waals surface area (Å²) in [6.45, 7) is 2.19. The molecule has 0 saturated carbocycles. The second-order valence-corrected chi connectivity index (χ2v) is 2.98. The number of fused-ring (bicyclic) bond motifs is 1. The molecule has 2 rings (SSSR count). The van der Waals surface area contributed by atoms with E-state index in [9.17, 15) is 0 Å². The fraction of sp³-hybridized carbons (Fsp3) is 0.300. The minimum atomic E-state index is 1.02. The van der Waals surface area contributed by atoms with Crippen molar-refractivity contribution >= 4 is 5.65 Å². The zero-order valence-electron chi connectivity index (χ0n) is 7.20. The van der Waals surface area contributed by atoms with Crippen LogP contribution in [0.1, 0.15) is 18.9 Å².